The Hall–Kier alpha value is -1.94. The lowest BCUT2D eigenvalue weighted by atomic mass is 9.64. The van der Waals surface area contributed by atoms with Gasteiger partial charge in [-0.2, -0.15) is 4.98 Å². The van der Waals surface area contributed by atoms with Crippen molar-refractivity contribution in [2.24, 2.45) is 5.73 Å². The molecule has 2 aromatic rings. The standard InChI is InChI=1S/C16H19N3O/c1-2-7-13(17)14-18-15(19-20-14)16(10-6-11-16)12-8-4-3-5-9-12/h2-5,8-9,13H,1,6-7,10-11,17H2. The molecule has 0 bridgehead atoms. The third-order valence-corrected chi connectivity index (χ3v) is 4.14. The molecular formula is C16H19N3O. The largest absolute Gasteiger partial charge is 0.338 e. The van der Waals surface area contributed by atoms with E-state index < -0.39 is 0 Å². The number of aromatic nitrogens is 2. The summed E-state index contributed by atoms with van der Waals surface area (Å²) in [5.74, 6) is 1.27. The Balaban J connectivity index is 1.93. The van der Waals surface area contributed by atoms with Gasteiger partial charge in [0.1, 0.15) is 0 Å². The number of nitrogens with two attached hydrogens (primary N) is 1. The molecule has 1 fully saturated rings. The van der Waals surface area contributed by atoms with Crippen LogP contribution in [0.5, 0.6) is 0 Å². The zero-order valence-corrected chi connectivity index (χ0v) is 11.5. The molecule has 20 heavy (non-hydrogen) atoms. The Kier molecular flexibility index (Phi) is 3.40. The topological polar surface area (TPSA) is 64.9 Å². The molecule has 1 atom stereocenters. The second-order valence-corrected chi connectivity index (χ2v) is 5.39. The maximum Gasteiger partial charge on any atom is 0.243 e. The fraction of sp³-hybridized carbons (Fsp3) is 0.375. The van der Waals surface area contributed by atoms with Crippen molar-refractivity contribution in [3.63, 3.8) is 0 Å². The molecule has 1 unspecified atom stereocenters. The molecule has 0 amide bonds. The smallest absolute Gasteiger partial charge is 0.243 e. The average Bonchev–Trinajstić information content (AvgIpc) is 2.89. The highest BCUT2D eigenvalue weighted by Gasteiger charge is 2.44. The summed E-state index contributed by atoms with van der Waals surface area (Å²) in [6, 6.07) is 10.1. The Labute approximate surface area is 118 Å². The molecule has 3 rings (SSSR count). The zero-order chi connectivity index (χ0) is 14.0. The van der Waals surface area contributed by atoms with Crippen molar-refractivity contribution in [1.82, 2.24) is 10.1 Å². The lowest BCUT2D eigenvalue weighted by molar-refractivity contribution is 0.269. The first-order valence-corrected chi connectivity index (χ1v) is 7.02. The van der Waals surface area contributed by atoms with Crippen LogP contribution in [-0.2, 0) is 5.41 Å². The molecule has 2 N–H and O–H groups in total. The number of hydrogen-bond acceptors (Lipinski definition) is 4. The van der Waals surface area contributed by atoms with E-state index in [1.54, 1.807) is 6.08 Å². The molecule has 1 aliphatic rings. The summed E-state index contributed by atoms with van der Waals surface area (Å²) in [6.45, 7) is 3.69. The van der Waals surface area contributed by atoms with Gasteiger partial charge in [0.05, 0.1) is 11.5 Å². The summed E-state index contributed by atoms with van der Waals surface area (Å²) < 4.78 is 5.35. The molecule has 0 radical (unpaired) electrons. The van der Waals surface area contributed by atoms with Crippen LogP contribution in [0.3, 0.4) is 0 Å². The van der Waals surface area contributed by atoms with E-state index in [0.29, 0.717) is 12.3 Å². The zero-order valence-electron chi connectivity index (χ0n) is 11.5. The van der Waals surface area contributed by atoms with E-state index in [9.17, 15) is 0 Å². The van der Waals surface area contributed by atoms with E-state index in [1.807, 2.05) is 6.07 Å². The van der Waals surface area contributed by atoms with Crippen LogP contribution in [-0.4, -0.2) is 10.1 Å². The van der Waals surface area contributed by atoms with Gasteiger partial charge in [-0.3, -0.25) is 0 Å². The molecule has 4 heteroatoms. The van der Waals surface area contributed by atoms with Crippen molar-refractivity contribution >= 4 is 0 Å². The third-order valence-electron chi connectivity index (χ3n) is 4.14. The molecule has 104 valence electrons. The predicted octanol–water partition coefficient (Wildman–Crippen LogP) is 3.12. The predicted molar refractivity (Wildman–Crippen MR) is 77.1 cm³/mol. The first-order chi connectivity index (χ1) is 9.76. The van der Waals surface area contributed by atoms with E-state index in [1.165, 1.54) is 12.0 Å². The maximum absolute atomic E-state index is 5.99. The lowest BCUT2D eigenvalue weighted by Crippen LogP contribution is -2.36. The van der Waals surface area contributed by atoms with E-state index in [2.05, 4.69) is 41.0 Å². The van der Waals surface area contributed by atoms with Crippen molar-refractivity contribution in [1.29, 1.82) is 0 Å². The second kappa shape index (κ2) is 5.21. The molecule has 4 nitrogen and oxygen atoms in total. The van der Waals surface area contributed by atoms with Gasteiger partial charge in [-0.25, -0.2) is 0 Å². The van der Waals surface area contributed by atoms with Gasteiger partial charge in [0.2, 0.25) is 5.89 Å². The second-order valence-electron chi connectivity index (χ2n) is 5.39. The highest BCUT2D eigenvalue weighted by Crippen LogP contribution is 2.47. The quantitative estimate of drug-likeness (QED) is 0.847. The summed E-state index contributed by atoms with van der Waals surface area (Å²) in [5, 5.41) is 4.19. The fourth-order valence-corrected chi connectivity index (χ4v) is 2.79. The fourth-order valence-electron chi connectivity index (χ4n) is 2.79. The summed E-state index contributed by atoms with van der Waals surface area (Å²) in [5.41, 5.74) is 7.17. The van der Waals surface area contributed by atoms with Crippen LogP contribution in [0.1, 0.15) is 49.0 Å². The maximum atomic E-state index is 5.99. The van der Waals surface area contributed by atoms with Gasteiger partial charge in [0.25, 0.3) is 0 Å². The van der Waals surface area contributed by atoms with Crippen LogP contribution in [0, 0.1) is 0 Å². The van der Waals surface area contributed by atoms with Crippen molar-refractivity contribution < 1.29 is 4.52 Å². The monoisotopic (exact) mass is 269 g/mol. The number of rotatable bonds is 5. The number of benzene rings is 1. The number of nitrogens with zero attached hydrogens (tertiary/aromatic N) is 2. The summed E-state index contributed by atoms with van der Waals surface area (Å²) >= 11 is 0. The Bertz CT molecular complexity index is 587. The molecule has 0 saturated heterocycles. The highest BCUT2D eigenvalue weighted by atomic mass is 16.5. The van der Waals surface area contributed by atoms with Gasteiger partial charge in [-0.1, -0.05) is 48.0 Å². The molecule has 1 aromatic carbocycles. The van der Waals surface area contributed by atoms with E-state index in [0.717, 1.165) is 18.7 Å². The van der Waals surface area contributed by atoms with Crippen LogP contribution >= 0.6 is 0 Å². The van der Waals surface area contributed by atoms with Crippen LogP contribution < -0.4 is 5.73 Å². The van der Waals surface area contributed by atoms with Gasteiger partial charge in [0.15, 0.2) is 5.82 Å². The number of hydrogen-bond donors (Lipinski definition) is 1. The summed E-state index contributed by atoms with van der Waals surface area (Å²) in [4.78, 5) is 4.55. The van der Waals surface area contributed by atoms with Gasteiger partial charge >= 0.3 is 0 Å². The van der Waals surface area contributed by atoms with E-state index in [-0.39, 0.29) is 11.5 Å². The van der Waals surface area contributed by atoms with E-state index >= 15 is 0 Å². The first kappa shape index (κ1) is 13.1. The van der Waals surface area contributed by atoms with Crippen molar-refractivity contribution in [2.75, 3.05) is 0 Å². The van der Waals surface area contributed by atoms with Gasteiger partial charge in [-0.15, -0.1) is 6.58 Å². The molecule has 1 aromatic heterocycles. The molecule has 0 aliphatic heterocycles. The minimum absolute atomic E-state index is 0.0864. The van der Waals surface area contributed by atoms with Crippen LogP contribution in [0.2, 0.25) is 0 Å². The minimum atomic E-state index is -0.262. The molecule has 1 aliphatic carbocycles. The molecule has 1 heterocycles. The van der Waals surface area contributed by atoms with Crippen LogP contribution in [0.25, 0.3) is 0 Å². The van der Waals surface area contributed by atoms with Crippen LogP contribution in [0.4, 0.5) is 0 Å². The van der Waals surface area contributed by atoms with Crippen molar-refractivity contribution in [3.05, 3.63) is 60.3 Å². The normalized spacial score (nSPS) is 18.2. The summed E-state index contributed by atoms with van der Waals surface area (Å²) in [6.07, 6.45) is 5.72. The van der Waals surface area contributed by atoms with Gasteiger partial charge in [0, 0.05) is 0 Å². The lowest BCUT2D eigenvalue weighted by Gasteiger charge is -2.39. The van der Waals surface area contributed by atoms with Crippen LogP contribution in [0.15, 0.2) is 47.5 Å². The van der Waals surface area contributed by atoms with Gasteiger partial charge < -0.3 is 10.3 Å². The molecular weight excluding hydrogens is 250 g/mol. The molecule has 0 spiro atoms. The Morgan fingerprint density at radius 2 is 2.10 bits per heavy atom. The SMILES string of the molecule is C=CCC(N)c1nc(C2(c3ccccc3)CCC2)no1. The van der Waals surface area contributed by atoms with E-state index in [4.69, 9.17) is 10.3 Å². The van der Waals surface area contributed by atoms with Gasteiger partial charge in [-0.05, 0) is 24.8 Å². The molecule has 1 saturated carbocycles. The highest BCUT2D eigenvalue weighted by molar-refractivity contribution is 5.35. The summed E-state index contributed by atoms with van der Waals surface area (Å²) in [7, 11) is 0. The Morgan fingerprint density at radius 1 is 1.35 bits per heavy atom. The van der Waals surface area contributed by atoms with Crippen molar-refractivity contribution in [3.8, 4) is 0 Å². The third kappa shape index (κ3) is 2.06. The Morgan fingerprint density at radius 3 is 2.70 bits per heavy atom. The van der Waals surface area contributed by atoms with Crippen molar-refractivity contribution in [2.45, 2.75) is 37.1 Å². The first-order valence-electron chi connectivity index (χ1n) is 7.02. The average molecular weight is 269 g/mol. The minimum Gasteiger partial charge on any atom is -0.338 e.